The number of carbonyl (C=O) groups excluding carboxylic acids is 6. The molecule has 0 aliphatic heterocycles. The summed E-state index contributed by atoms with van der Waals surface area (Å²) in [6.07, 6.45) is 2.34. The van der Waals surface area contributed by atoms with Gasteiger partial charge in [-0.1, -0.05) is 41.5 Å². The zero-order valence-electron chi connectivity index (χ0n) is 27.0. The van der Waals surface area contributed by atoms with E-state index in [2.05, 4.69) is 31.6 Å². The van der Waals surface area contributed by atoms with E-state index in [1.165, 1.54) is 13.8 Å². The summed E-state index contributed by atoms with van der Waals surface area (Å²) in [6.45, 7) is 14.5. The number of rotatable bonds is 20. The van der Waals surface area contributed by atoms with Gasteiger partial charge in [-0.3, -0.25) is 29.0 Å². The molecule has 0 aromatic rings. The first-order valence-corrected chi connectivity index (χ1v) is 15.0. The number of nitrogens with two attached hydrogens (primary N) is 2. The van der Waals surface area contributed by atoms with E-state index in [0.717, 1.165) is 0 Å². The predicted octanol–water partition coefficient (Wildman–Crippen LogP) is -0.159. The quantitative estimate of drug-likeness (QED) is 0.0423. The number of aldehydes is 1. The lowest BCUT2D eigenvalue weighted by Crippen LogP contribution is -2.58. The molecule has 14 nitrogen and oxygen atoms in total. The number of hydrogen-bond donors (Lipinski definition) is 7. The van der Waals surface area contributed by atoms with Crippen LogP contribution in [0.2, 0.25) is 0 Å². The van der Waals surface area contributed by atoms with Crippen molar-refractivity contribution in [1.29, 1.82) is 0 Å². The van der Waals surface area contributed by atoms with Gasteiger partial charge in [0.25, 0.3) is 0 Å². The number of nitrogens with one attached hydrogen (secondary N) is 5. The lowest BCUT2D eigenvalue weighted by atomic mass is 9.98. The maximum atomic E-state index is 13.4. The van der Waals surface area contributed by atoms with Gasteiger partial charge in [0, 0.05) is 13.5 Å². The summed E-state index contributed by atoms with van der Waals surface area (Å²) >= 11 is 0. The van der Waals surface area contributed by atoms with Crippen LogP contribution in [0.4, 0.5) is 0 Å². The van der Waals surface area contributed by atoms with Gasteiger partial charge >= 0.3 is 0 Å². The van der Waals surface area contributed by atoms with Crippen LogP contribution in [-0.4, -0.2) is 78.5 Å². The normalized spacial score (nSPS) is 14.6. The second kappa shape index (κ2) is 20.2. The van der Waals surface area contributed by atoms with E-state index in [1.54, 1.807) is 0 Å². The van der Waals surface area contributed by atoms with Crippen molar-refractivity contribution in [3.8, 4) is 0 Å². The fraction of sp³-hybridized carbons (Fsp3) is 0.759. The molecule has 0 aromatic carbocycles. The third kappa shape index (κ3) is 17.8. The first kappa shape index (κ1) is 39.3. The Kier molecular flexibility index (Phi) is 18.5. The number of amides is 5. The second-order valence-corrected chi connectivity index (χ2v) is 12.2. The summed E-state index contributed by atoms with van der Waals surface area (Å²) in [4.78, 5) is 79.4. The van der Waals surface area contributed by atoms with Crippen LogP contribution >= 0.6 is 0 Å². The minimum absolute atomic E-state index is 0.0122. The minimum atomic E-state index is -1.00. The third-order valence-electron chi connectivity index (χ3n) is 6.29. The largest absolute Gasteiger partial charge is 0.370 e. The summed E-state index contributed by atoms with van der Waals surface area (Å²) in [5.74, 6) is -2.44. The van der Waals surface area contributed by atoms with Crippen LogP contribution < -0.4 is 38.1 Å². The van der Waals surface area contributed by atoms with Crippen LogP contribution in [0.25, 0.3) is 0 Å². The molecule has 0 aliphatic rings. The maximum Gasteiger partial charge on any atom is 0.243 e. The van der Waals surface area contributed by atoms with E-state index in [9.17, 15) is 28.8 Å². The molecule has 0 aromatic heterocycles. The molecule has 0 bridgehead atoms. The molecule has 5 atom stereocenters. The molecule has 0 rings (SSSR count). The molecule has 43 heavy (non-hydrogen) atoms. The molecular formula is C29H54N8O6. The Morgan fingerprint density at radius 2 is 1.07 bits per heavy atom. The van der Waals surface area contributed by atoms with Crippen LogP contribution in [0.3, 0.4) is 0 Å². The molecule has 0 aliphatic carbocycles. The summed E-state index contributed by atoms with van der Waals surface area (Å²) in [7, 11) is 0. The highest BCUT2D eigenvalue weighted by Gasteiger charge is 2.31. The fourth-order valence-corrected chi connectivity index (χ4v) is 4.28. The molecule has 5 amide bonds. The van der Waals surface area contributed by atoms with E-state index < -0.39 is 53.8 Å². The Hall–Kier alpha value is -3.71. The SMILES string of the molecule is CC(=O)N[C@@H](CC(C)C)C(=O)N[C@@H](CC(C)C)C(=O)N[C@@H](CC(C)C)C(=O)N[C@@H](C)C(=O)N[C@H](C=O)CCCN=C(N)N. The zero-order valence-corrected chi connectivity index (χ0v) is 27.0. The second-order valence-electron chi connectivity index (χ2n) is 12.2. The molecule has 0 heterocycles. The van der Waals surface area contributed by atoms with Crippen molar-refractivity contribution in [2.24, 2.45) is 34.2 Å². The summed E-state index contributed by atoms with van der Waals surface area (Å²) in [6, 6.07) is -4.54. The minimum Gasteiger partial charge on any atom is -0.370 e. The zero-order chi connectivity index (χ0) is 33.3. The predicted molar refractivity (Wildman–Crippen MR) is 165 cm³/mol. The topological polar surface area (TPSA) is 227 Å². The van der Waals surface area contributed by atoms with E-state index in [4.69, 9.17) is 11.5 Å². The third-order valence-corrected chi connectivity index (χ3v) is 6.29. The average molecular weight is 611 g/mol. The number of guanidine groups is 1. The summed E-state index contributed by atoms with van der Waals surface area (Å²) in [5.41, 5.74) is 10.6. The van der Waals surface area contributed by atoms with Crippen LogP contribution in [0.1, 0.15) is 87.5 Å². The Bertz CT molecular complexity index is 965. The van der Waals surface area contributed by atoms with Crippen LogP contribution in [0, 0.1) is 17.8 Å². The highest BCUT2D eigenvalue weighted by Crippen LogP contribution is 2.11. The first-order valence-electron chi connectivity index (χ1n) is 15.0. The highest BCUT2D eigenvalue weighted by molar-refractivity contribution is 5.95. The monoisotopic (exact) mass is 610 g/mol. The summed E-state index contributed by atoms with van der Waals surface area (Å²) < 4.78 is 0. The van der Waals surface area contributed by atoms with Crippen molar-refractivity contribution >= 4 is 41.8 Å². The van der Waals surface area contributed by atoms with Gasteiger partial charge < -0.3 is 42.8 Å². The first-order chi connectivity index (χ1) is 20.0. The van der Waals surface area contributed by atoms with Crippen molar-refractivity contribution in [3.63, 3.8) is 0 Å². The fourth-order valence-electron chi connectivity index (χ4n) is 4.28. The Morgan fingerprint density at radius 1 is 0.651 bits per heavy atom. The van der Waals surface area contributed by atoms with Crippen molar-refractivity contribution in [3.05, 3.63) is 0 Å². The van der Waals surface area contributed by atoms with Gasteiger partial charge in [-0.2, -0.15) is 0 Å². The van der Waals surface area contributed by atoms with Crippen molar-refractivity contribution in [2.75, 3.05) is 6.54 Å². The Labute approximate surface area is 255 Å². The molecular weight excluding hydrogens is 556 g/mol. The van der Waals surface area contributed by atoms with E-state index in [1.807, 2.05) is 41.5 Å². The average Bonchev–Trinajstić information content (AvgIpc) is 2.87. The number of aliphatic imine (C=N–C) groups is 1. The molecule has 0 saturated heterocycles. The van der Waals surface area contributed by atoms with E-state index in [0.29, 0.717) is 38.5 Å². The van der Waals surface area contributed by atoms with Crippen molar-refractivity contribution < 1.29 is 28.8 Å². The molecule has 0 unspecified atom stereocenters. The van der Waals surface area contributed by atoms with Crippen molar-refractivity contribution in [1.82, 2.24) is 26.6 Å². The maximum absolute atomic E-state index is 13.4. The lowest BCUT2D eigenvalue weighted by Gasteiger charge is -2.27. The molecule has 0 radical (unpaired) electrons. The Balaban J connectivity index is 5.55. The van der Waals surface area contributed by atoms with E-state index >= 15 is 0 Å². The highest BCUT2D eigenvalue weighted by atomic mass is 16.2. The van der Waals surface area contributed by atoms with Gasteiger partial charge in [0.1, 0.15) is 30.5 Å². The van der Waals surface area contributed by atoms with Gasteiger partial charge in [0.15, 0.2) is 5.96 Å². The molecule has 0 fully saturated rings. The van der Waals surface area contributed by atoms with Crippen LogP contribution in [0.5, 0.6) is 0 Å². The van der Waals surface area contributed by atoms with Gasteiger partial charge in [-0.05, 0) is 56.8 Å². The number of hydrogen-bond acceptors (Lipinski definition) is 7. The van der Waals surface area contributed by atoms with Crippen molar-refractivity contribution in [2.45, 2.75) is 118 Å². The number of nitrogens with zero attached hydrogens (tertiary/aromatic N) is 1. The molecule has 246 valence electrons. The molecule has 14 heteroatoms. The van der Waals surface area contributed by atoms with Crippen LogP contribution in [0.15, 0.2) is 4.99 Å². The molecule has 0 spiro atoms. The summed E-state index contributed by atoms with van der Waals surface area (Å²) in [5, 5.41) is 13.3. The van der Waals surface area contributed by atoms with Gasteiger partial charge in [0.2, 0.25) is 29.5 Å². The Morgan fingerprint density at radius 3 is 1.44 bits per heavy atom. The van der Waals surface area contributed by atoms with Gasteiger partial charge in [-0.25, -0.2) is 0 Å². The standard InChI is InChI=1S/C29H54N8O6/c1-16(2)12-22(34-20(8)39)27(42)37-24(14-18(5)6)28(43)36-23(13-17(3)4)26(41)33-19(7)25(40)35-21(15-38)10-9-11-32-29(30)31/h15-19,21-24H,9-14H2,1-8H3,(H,33,41)(H,34,39)(H,35,40)(H,36,43)(H,37,42)(H4,30,31,32)/t19-,21-,22-,23-,24-/m0/s1. The van der Waals surface area contributed by atoms with Gasteiger partial charge in [0.05, 0.1) is 6.04 Å². The molecule has 0 saturated carbocycles. The molecule has 9 N–H and O–H groups in total. The lowest BCUT2D eigenvalue weighted by molar-refractivity contribution is -0.135. The smallest absolute Gasteiger partial charge is 0.243 e. The van der Waals surface area contributed by atoms with Gasteiger partial charge in [-0.15, -0.1) is 0 Å². The number of carbonyl (C=O) groups is 6. The van der Waals surface area contributed by atoms with E-state index in [-0.39, 0.29) is 36.0 Å². The van der Waals surface area contributed by atoms with Crippen LogP contribution in [-0.2, 0) is 28.8 Å².